The second-order valence-electron chi connectivity index (χ2n) is 4.74. The van der Waals surface area contributed by atoms with Crippen molar-refractivity contribution < 1.29 is 9.59 Å². The number of carbonyl (C=O) groups excluding carboxylic acids is 2. The van der Waals surface area contributed by atoms with Gasteiger partial charge < -0.3 is 9.80 Å². The lowest BCUT2D eigenvalue weighted by Crippen LogP contribution is -2.39. The van der Waals surface area contributed by atoms with E-state index in [4.69, 9.17) is 11.6 Å². The van der Waals surface area contributed by atoms with Gasteiger partial charge in [-0.15, -0.1) is 11.6 Å². The Morgan fingerprint density at radius 3 is 2.50 bits per heavy atom. The first-order chi connectivity index (χ1) is 8.54. The van der Waals surface area contributed by atoms with E-state index in [1.54, 1.807) is 19.0 Å². The van der Waals surface area contributed by atoms with Crippen molar-refractivity contribution in [3.8, 4) is 0 Å². The van der Waals surface area contributed by atoms with Gasteiger partial charge in [-0.25, -0.2) is 0 Å². The molecule has 5 nitrogen and oxygen atoms in total. The summed E-state index contributed by atoms with van der Waals surface area (Å²) in [6, 6.07) is 0. The summed E-state index contributed by atoms with van der Waals surface area (Å²) in [5.41, 5.74) is 0. The molecule has 0 spiro atoms. The number of carbonyl (C=O) groups is 2. The average molecular weight is 276 g/mol. The SMILES string of the molecule is CN(C)C(=O)CN1CCCN(C(=O)CCCl)CC1. The molecule has 0 unspecified atom stereocenters. The summed E-state index contributed by atoms with van der Waals surface area (Å²) in [6.45, 7) is 3.52. The highest BCUT2D eigenvalue weighted by molar-refractivity contribution is 6.18. The molecule has 0 radical (unpaired) electrons. The normalized spacial score (nSPS) is 17.4. The third kappa shape index (κ3) is 4.82. The standard InChI is InChI=1S/C12H22ClN3O2/c1-14(2)12(18)10-15-6-3-7-16(9-8-15)11(17)4-5-13/h3-10H2,1-2H3. The number of hydrogen-bond donors (Lipinski definition) is 0. The van der Waals surface area contributed by atoms with E-state index in [1.807, 2.05) is 4.90 Å². The Morgan fingerprint density at radius 2 is 1.89 bits per heavy atom. The van der Waals surface area contributed by atoms with Crippen LogP contribution in [0.3, 0.4) is 0 Å². The zero-order valence-electron chi connectivity index (χ0n) is 11.2. The minimum Gasteiger partial charge on any atom is -0.348 e. The Balaban J connectivity index is 2.41. The van der Waals surface area contributed by atoms with Crippen LogP contribution in [0.25, 0.3) is 0 Å². The molecule has 18 heavy (non-hydrogen) atoms. The number of hydrogen-bond acceptors (Lipinski definition) is 3. The van der Waals surface area contributed by atoms with Crippen LogP contribution in [0.1, 0.15) is 12.8 Å². The molecule has 1 rings (SSSR count). The largest absolute Gasteiger partial charge is 0.348 e. The molecule has 0 N–H and O–H groups in total. The fraction of sp³-hybridized carbons (Fsp3) is 0.833. The van der Waals surface area contributed by atoms with Gasteiger partial charge in [0.1, 0.15) is 0 Å². The summed E-state index contributed by atoms with van der Waals surface area (Å²) in [4.78, 5) is 28.9. The van der Waals surface area contributed by atoms with Crippen LogP contribution in [0.4, 0.5) is 0 Å². The second kappa shape index (κ2) is 7.59. The summed E-state index contributed by atoms with van der Waals surface area (Å²) >= 11 is 5.58. The summed E-state index contributed by atoms with van der Waals surface area (Å²) in [6.07, 6.45) is 1.31. The summed E-state index contributed by atoms with van der Waals surface area (Å²) in [5.74, 6) is 0.597. The molecular weight excluding hydrogens is 254 g/mol. The Kier molecular flexibility index (Phi) is 6.43. The van der Waals surface area contributed by atoms with Gasteiger partial charge in [-0.3, -0.25) is 14.5 Å². The molecule has 0 bridgehead atoms. The first kappa shape index (κ1) is 15.2. The molecule has 0 aromatic rings. The van der Waals surface area contributed by atoms with Crippen molar-refractivity contribution in [2.75, 3.05) is 52.7 Å². The predicted molar refractivity (Wildman–Crippen MR) is 71.7 cm³/mol. The first-order valence-corrected chi connectivity index (χ1v) is 6.84. The molecule has 0 aromatic heterocycles. The van der Waals surface area contributed by atoms with Crippen LogP contribution in [0.5, 0.6) is 0 Å². The number of likely N-dealkylation sites (N-methyl/N-ethyl adjacent to an activating group) is 1. The van der Waals surface area contributed by atoms with Crippen LogP contribution in [0.2, 0.25) is 0 Å². The van der Waals surface area contributed by atoms with Crippen molar-refractivity contribution in [3.63, 3.8) is 0 Å². The highest BCUT2D eigenvalue weighted by Crippen LogP contribution is 2.05. The molecule has 104 valence electrons. The number of amides is 2. The van der Waals surface area contributed by atoms with Gasteiger partial charge in [0.2, 0.25) is 11.8 Å². The maximum Gasteiger partial charge on any atom is 0.236 e. The lowest BCUT2D eigenvalue weighted by molar-refractivity contribution is -0.130. The summed E-state index contributed by atoms with van der Waals surface area (Å²) in [5, 5.41) is 0. The predicted octanol–water partition coefficient (Wildman–Crippen LogP) is 0.238. The van der Waals surface area contributed by atoms with E-state index < -0.39 is 0 Å². The van der Waals surface area contributed by atoms with Gasteiger partial charge in [0.25, 0.3) is 0 Å². The van der Waals surface area contributed by atoms with E-state index in [0.29, 0.717) is 25.4 Å². The lowest BCUT2D eigenvalue weighted by Gasteiger charge is -2.22. The van der Waals surface area contributed by atoms with Crippen molar-refractivity contribution in [2.45, 2.75) is 12.8 Å². The second-order valence-corrected chi connectivity index (χ2v) is 5.12. The zero-order valence-corrected chi connectivity index (χ0v) is 11.9. The molecule has 0 aliphatic carbocycles. The van der Waals surface area contributed by atoms with Crippen LogP contribution < -0.4 is 0 Å². The summed E-state index contributed by atoms with van der Waals surface area (Å²) < 4.78 is 0. The Bertz CT molecular complexity index is 297. The number of halogens is 1. The average Bonchev–Trinajstić information content (AvgIpc) is 2.55. The van der Waals surface area contributed by atoms with Gasteiger partial charge in [0.05, 0.1) is 6.54 Å². The zero-order chi connectivity index (χ0) is 13.5. The Labute approximate surface area is 114 Å². The van der Waals surface area contributed by atoms with Gasteiger partial charge in [-0.2, -0.15) is 0 Å². The monoisotopic (exact) mass is 275 g/mol. The molecule has 1 aliphatic heterocycles. The van der Waals surface area contributed by atoms with E-state index >= 15 is 0 Å². The quantitative estimate of drug-likeness (QED) is 0.691. The minimum absolute atomic E-state index is 0.107. The smallest absolute Gasteiger partial charge is 0.236 e. The highest BCUT2D eigenvalue weighted by atomic mass is 35.5. The topological polar surface area (TPSA) is 43.9 Å². The number of rotatable bonds is 4. The molecule has 1 saturated heterocycles. The first-order valence-electron chi connectivity index (χ1n) is 6.31. The van der Waals surface area contributed by atoms with E-state index in [0.717, 1.165) is 26.1 Å². The van der Waals surface area contributed by atoms with Crippen LogP contribution in [-0.2, 0) is 9.59 Å². The van der Waals surface area contributed by atoms with Crippen LogP contribution in [-0.4, -0.2) is 79.2 Å². The lowest BCUT2D eigenvalue weighted by atomic mass is 10.3. The summed E-state index contributed by atoms with van der Waals surface area (Å²) in [7, 11) is 3.52. The fourth-order valence-electron chi connectivity index (χ4n) is 1.95. The van der Waals surface area contributed by atoms with Gasteiger partial charge in [-0.05, 0) is 6.42 Å². The molecule has 1 aliphatic rings. The minimum atomic E-state index is 0.107. The Hall–Kier alpha value is -0.810. The van der Waals surface area contributed by atoms with Crippen LogP contribution >= 0.6 is 11.6 Å². The number of nitrogens with zero attached hydrogens (tertiary/aromatic N) is 3. The van der Waals surface area contributed by atoms with E-state index in [2.05, 4.69) is 4.90 Å². The van der Waals surface area contributed by atoms with E-state index in [9.17, 15) is 9.59 Å². The maximum atomic E-state index is 11.7. The van der Waals surface area contributed by atoms with Gasteiger partial charge >= 0.3 is 0 Å². The van der Waals surface area contributed by atoms with E-state index in [-0.39, 0.29) is 11.8 Å². The van der Waals surface area contributed by atoms with Crippen molar-refractivity contribution in [1.82, 2.24) is 14.7 Å². The molecular formula is C12H22ClN3O2. The number of alkyl halides is 1. The van der Waals surface area contributed by atoms with Crippen molar-refractivity contribution in [3.05, 3.63) is 0 Å². The third-order valence-corrected chi connectivity index (χ3v) is 3.30. The third-order valence-electron chi connectivity index (χ3n) is 3.11. The molecule has 0 saturated carbocycles. The van der Waals surface area contributed by atoms with Crippen molar-refractivity contribution in [1.29, 1.82) is 0 Å². The Morgan fingerprint density at radius 1 is 1.17 bits per heavy atom. The molecule has 0 atom stereocenters. The van der Waals surface area contributed by atoms with Crippen LogP contribution in [0, 0.1) is 0 Å². The molecule has 1 heterocycles. The van der Waals surface area contributed by atoms with Crippen LogP contribution in [0.15, 0.2) is 0 Å². The molecule has 0 aromatic carbocycles. The molecule has 6 heteroatoms. The highest BCUT2D eigenvalue weighted by Gasteiger charge is 2.20. The van der Waals surface area contributed by atoms with Gasteiger partial charge in [0, 0.05) is 52.6 Å². The van der Waals surface area contributed by atoms with Crippen molar-refractivity contribution >= 4 is 23.4 Å². The van der Waals surface area contributed by atoms with Gasteiger partial charge in [-0.1, -0.05) is 0 Å². The van der Waals surface area contributed by atoms with E-state index in [1.165, 1.54) is 0 Å². The maximum absolute atomic E-state index is 11.7. The van der Waals surface area contributed by atoms with Gasteiger partial charge in [0.15, 0.2) is 0 Å². The molecule has 1 fully saturated rings. The molecule has 2 amide bonds. The van der Waals surface area contributed by atoms with Crippen molar-refractivity contribution in [2.24, 2.45) is 0 Å². The fourth-order valence-corrected chi connectivity index (χ4v) is 2.11.